The van der Waals surface area contributed by atoms with Gasteiger partial charge in [0.25, 0.3) is 0 Å². The molecular weight excluding hydrogens is 699 g/mol. The van der Waals surface area contributed by atoms with Crippen LogP contribution in [0.1, 0.15) is 22.3 Å². The average molecular weight is 732 g/mol. The SMILES string of the molecule is c1ccc(-c2nc(-c3ccccc3)nc(-c3cccc(-c4cccc5sc6ccc(C7(c8ccccc8)c8ccccc8-c8ccccc87)cc6c45)c3)n2)cc1. The van der Waals surface area contributed by atoms with Gasteiger partial charge in [0.15, 0.2) is 17.5 Å². The van der Waals surface area contributed by atoms with Gasteiger partial charge in [-0.15, -0.1) is 11.3 Å². The monoisotopic (exact) mass is 731 g/mol. The average Bonchev–Trinajstić information content (AvgIpc) is 3.81. The lowest BCUT2D eigenvalue weighted by atomic mass is 9.67. The molecular formula is C52H33N3S. The van der Waals surface area contributed by atoms with Crippen molar-refractivity contribution in [3.8, 4) is 56.4 Å². The summed E-state index contributed by atoms with van der Waals surface area (Å²) in [7, 11) is 0. The van der Waals surface area contributed by atoms with E-state index in [2.05, 4.69) is 140 Å². The van der Waals surface area contributed by atoms with Gasteiger partial charge < -0.3 is 0 Å². The highest BCUT2D eigenvalue weighted by Crippen LogP contribution is 2.56. The first-order chi connectivity index (χ1) is 27.8. The number of fused-ring (bicyclic) bond motifs is 6. The quantitative estimate of drug-likeness (QED) is 0.171. The predicted molar refractivity (Wildman–Crippen MR) is 232 cm³/mol. The van der Waals surface area contributed by atoms with E-state index in [0.29, 0.717) is 17.5 Å². The Morgan fingerprint density at radius 1 is 0.339 bits per heavy atom. The first kappa shape index (κ1) is 32.4. The molecule has 10 aromatic rings. The van der Waals surface area contributed by atoms with E-state index in [-0.39, 0.29) is 0 Å². The molecule has 0 unspecified atom stereocenters. The molecule has 8 aromatic carbocycles. The summed E-state index contributed by atoms with van der Waals surface area (Å²) in [4.78, 5) is 15.0. The molecule has 0 N–H and O–H groups in total. The number of nitrogens with zero attached hydrogens (tertiary/aromatic N) is 3. The molecule has 0 amide bonds. The zero-order chi connectivity index (χ0) is 37.1. The van der Waals surface area contributed by atoms with Gasteiger partial charge in [0.2, 0.25) is 0 Å². The molecule has 2 aromatic heterocycles. The summed E-state index contributed by atoms with van der Waals surface area (Å²) in [6, 6.07) is 71.7. The third-order valence-corrected chi connectivity index (χ3v) is 12.4. The Balaban J connectivity index is 1.11. The van der Waals surface area contributed by atoms with Gasteiger partial charge in [-0.2, -0.15) is 0 Å². The smallest absolute Gasteiger partial charge is 0.164 e. The van der Waals surface area contributed by atoms with Crippen LogP contribution in [0.15, 0.2) is 200 Å². The van der Waals surface area contributed by atoms with Crippen molar-refractivity contribution in [3.63, 3.8) is 0 Å². The molecule has 1 aliphatic carbocycles. The molecule has 1 aliphatic rings. The molecule has 11 rings (SSSR count). The van der Waals surface area contributed by atoms with E-state index >= 15 is 0 Å². The highest BCUT2D eigenvalue weighted by molar-refractivity contribution is 7.25. The minimum Gasteiger partial charge on any atom is -0.208 e. The van der Waals surface area contributed by atoms with Crippen molar-refractivity contribution in [2.24, 2.45) is 0 Å². The normalized spacial score (nSPS) is 12.8. The Morgan fingerprint density at radius 3 is 1.48 bits per heavy atom. The molecule has 0 radical (unpaired) electrons. The van der Waals surface area contributed by atoms with E-state index in [0.717, 1.165) is 22.3 Å². The lowest BCUT2D eigenvalue weighted by Crippen LogP contribution is -2.28. The first-order valence-corrected chi connectivity index (χ1v) is 19.8. The summed E-state index contributed by atoms with van der Waals surface area (Å²) in [6.07, 6.45) is 0. The maximum absolute atomic E-state index is 5.05. The zero-order valence-corrected chi connectivity index (χ0v) is 31.1. The molecule has 0 fully saturated rings. The van der Waals surface area contributed by atoms with Crippen LogP contribution < -0.4 is 0 Å². The summed E-state index contributed by atoms with van der Waals surface area (Å²) in [5.41, 5.74) is 12.5. The zero-order valence-electron chi connectivity index (χ0n) is 30.3. The van der Waals surface area contributed by atoms with Crippen LogP contribution in [0.3, 0.4) is 0 Å². The van der Waals surface area contributed by atoms with Gasteiger partial charge >= 0.3 is 0 Å². The van der Waals surface area contributed by atoms with Gasteiger partial charge in [-0.1, -0.05) is 176 Å². The molecule has 0 saturated heterocycles. The van der Waals surface area contributed by atoms with Gasteiger partial charge in [0.05, 0.1) is 5.41 Å². The fraction of sp³-hybridized carbons (Fsp3) is 0.0192. The van der Waals surface area contributed by atoms with Crippen molar-refractivity contribution in [2.45, 2.75) is 5.41 Å². The third-order valence-electron chi connectivity index (χ3n) is 11.2. The van der Waals surface area contributed by atoms with Crippen LogP contribution in [-0.2, 0) is 5.41 Å². The highest BCUT2D eigenvalue weighted by atomic mass is 32.1. The number of hydrogen-bond donors (Lipinski definition) is 0. The van der Waals surface area contributed by atoms with Crippen LogP contribution in [0.2, 0.25) is 0 Å². The molecule has 0 atom stereocenters. The summed E-state index contributed by atoms with van der Waals surface area (Å²) < 4.78 is 2.53. The van der Waals surface area contributed by atoms with E-state index in [4.69, 9.17) is 15.0 Å². The van der Waals surface area contributed by atoms with Crippen LogP contribution >= 0.6 is 11.3 Å². The van der Waals surface area contributed by atoms with Crippen molar-refractivity contribution in [1.29, 1.82) is 0 Å². The summed E-state index contributed by atoms with van der Waals surface area (Å²) in [5, 5.41) is 2.53. The van der Waals surface area contributed by atoms with Crippen LogP contribution in [0.25, 0.3) is 76.6 Å². The van der Waals surface area contributed by atoms with Crippen LogP contribution in [-0.4, -0.2) is 15.0 Å². The number of rotatable bonds is 6. The Labute approximate surface area is 329 Å². The molecule has 0 spiro atoms. The van der Waals surface area contributed by atoms with E-state index < -0.39 is 5.41 Å². The van der Waals surface area contributed by atoms with Crippen molar-refractivity contribution in [3.05, 3.63) is 222 Å². The lowest BCUT2D eigenvalue weighted by Gasteiger charge is -2.34. The van der Waals surface area contributed by atoms with Gasteiger partial charge in [0.1, 0.15) is 0 Å². The first-order valence-electron chi connectivity index (χ1n) is 18.9. The minimum absolute atomic E-state index is 0.461. The molecule has 262 valence electrons. The summed E-state index contributed by atoms with van der Waals surface area (Å²) in [6.45, 7) is 0. The van der Waals surface area contributed by atoms with Gasteiger partial charge in [-0.05, 0) is 68.8 Å². The third kappa shape index (κ3) is 5.07. The standard InChI is InChI=1S/C52H33N3S/c1-4-16-34(17-5-1)49-53-50(35-18-6-2-7-19-35)55-51(54-49)37-21-14-20-36(32-37)40-26-15-29-47-48(40)43-33-39(30-31-46(43)56-47)52(38-22-8-3-9-23-38)44-27-12-10-24-41(44)42-25-11-13-28-45(42)52/h1-33H. The van der Waals surface area contributed by atoms with Crippen molar-refractivity contribution < 1.29 is 0 Å². The van der Waals surface area contributed by atoms with Crippen molar-refractivity contribution in [2.75, 3.05) is 0 Å². The van der Waals surface area contributed by atoms with Crippen molar-refractivity contribution >= 4 is 31.5 Å². The molecule has 56 heavy (non-hydrogen) atoms. The maximum atomic E-state index is 5.05. The summed E-state index contributed by atoms with van der Waals surface area (Å²) in [5.74, 6) is 1.95. The Kier molecular flexibility index (Phi) is 7.58. The molecule has 0 saturated carbocycles. The molecule has 4 heteroatoms. The van der Waals surface area contributed by atoms with Crippen LogP contribution in [0.4, 0.5) is 0 Å². The predicted octanol–water partition coefficient (Wildman–Crippen LogP) is 13.3. The molecule has 0 bridgehead atoms. The summed E-state index contributed by atoms with van der Waals surface area (Å²) >= 11 is 1.85. The van der Waals surface area contributed by atoms with Gasteiger partial charge in [0, 0.05) is 36.9 Å². The molecule has 0 aliphatic heterocycles. The van der Waals surface area contributed by atoms with E-state index in [1.54, 1.807) is 0 Å². The Morgan fingerprint density at radius 2 is 0.839 bits per heavy atom. The molecule has 2 heterocycles. The van der Waals surface area contributed by atoms with Crippen LogP contribution in [0.5, 0.6) is 0 Å². The number of benzene rings is 8. The fourth-order valence-electron chi connectivity index (χ4n) is 8.78. The van der Waals surface area contributed by atoms with Crippen LogP contribution in [0, 0.1) is 0 Å². The second-order valence-corrected chi connectivity index (χ2v) is 15.4. The number of aromatic nitrogens is 3. The molecule has 3 nitrogen and oxygen atoms in total. The van der Waals surface area contributed by atoms with Crippen molar-refractivity contribution in [1.82, 2.24) is 15.0 Å². The lowest BCUT2D eigenvalue weighted by molar-refractivity contribution is 0.770. The van der Waals surface area contributed by atoms with E-state index in [1.165, 1.54) is 59.1 Å². The van der Waals surface area contributed by atoms with Gasteiger partial charge in [-0.3, -0.25) is 0 Å². The Hall–Kier alpha value is -7.01. The number of thiophene rings is 1. The van der Waals surface area contributed by atoms with E-state index in [9.17, 15) is 0 Å². The highest BCUT2D eigenvalue weighted by Gasteiger charge is 2.46. The second-order valence-electron chi connectivity index (χ2n) is 14.3. The Bertz CT molecular complexity index is 2980. The maximum Gasteiger partial charge on any atom is 0.164 e. The largest absolute Gasteiger partial charge is 0.208 e. The number of hydrogen-bond acceptors (Lipinski definition) is 4. The fourth-order valence-corrected chi connectivity index (χ4v) is 9.89. The van der Waals surface area contributed by atoms with E-state index in [1.807, 2.05) is 72.0 Å². The van der Waals surface area contributed by atoms with Gasteiger partial charge in [-0.25, -0.2) is 15.0 Å². The minimum atomic E-state index is -0.461. The topological polar surface area (TPSA) is 38.7 Å². The second kappa shape index (κ2) is 13.1.